The fourth-order valence-electron chi connectivity index (χ4n) is 1.45. The van der Waals surface area contributed by atoms with Crippen molar-refractivity contribution in [2.75, 3.05) is 26.0 Å². The molecule has 1 amide bonds. The van der Waals surface area contributed by atoms with Crippen LogP contribution >= 0.6 is 0 Å². The van der Waals surface area contributed by atoms with Gasteiger partial charge >= 0.3 is 0 Å². The number of likely N-dealkylation sites (N-methyl/N-ethyl adjacent to an activating group) is 1. The average molecular weight is 237 g/mol. The first-order valence-corrected chi connectivity index (χ1v) is 5.53. The van der Waals surface area contributed by atoms with Crippen LogP contribution in [0.2, 0.25) is 0 Å². The van der Waals surface area contributed by atoms with Gasteiger partial charge in [0.1, 0.15) is 0 Å². The minimum absolute atomic E-state index is 0.0591. The maximum absolute atomic E-state index is 12.2. The maximum Gasteiger partial charge on any atom is 0.257 e. The van der Waals surface area contributed by atoms with Gasteiger partial charge in [-0.3, -0.25) is 9.78 Å². The Hall–Kier alpha value is -1.62. The Balaban J connectivity index is 3.03. The van der Waals surface area contributed by atoms with E-state index in [1.54, 1.807) is 27.2 Å². The molecule has 2 N–H and O–H groups in total. The molecule has 1 aromatic heterocycles. The lowest BCUT2D eigenvalue weighted by Gasteiger charge is -2.24. The van der Waals surface area contributed by atoms with Gasteiger partial charge in [-0.2, -0.15) is 0 Å². The Morgan fingerprint density at radius 1 is 1.65 bits per heavy atom. The molecule has 0 bridgehead atoms. The zero-order valence-electron chi connectivity index (χ0n) is 10.7. The molecule has 0 aliphatic rings. The van der Waals surface area contributed by atoms with E-state index >= 15 is 0 Å². The molecule has 1 heterocycles. The lowest BCUT2D eigenvalue weighted by atomic mass is 10.1. The standard InChI is InChI=1S/C12H19N3O2/c1-8-5-11(13-3)10(6-14-8)12(17)15(4)9(2)7-16/h5-6,9,16H,7H2,1-4H3,(H,13,14). The predicted octanol–water partition coefficient (Wildman–Crippen LogP) is 0.885. The maximum atomic E-state index is 12.2. The second-order valence-electron chi connectivity index (χ2n) is 4.07. The number of anilines is 1. The molecule has 5 heteroatoms. The first-order valence-electron chi connectivity index (χ1n) is 5.53. The second kappa shape index (κ2) is 5.63. The molecule has 94 valence electrons. The number of aliphatic hydroxyl groups excluding tert-OH is 1. The van der Waals surface area contributed by atoms with E-state index in [2.05, 4.69) is 10.3 Å². The van der Waals surface area contributed by atoms with Gasteiger partial charge in [0.15, 0.2) is 0 Å². The fourth-order valence-corrected chi connectivity index (χ4v) is 1.45. The first kappa shape index (κ1) is 13.4. The Morgan fingerprint density at radius 2 is 2.29 bits per heavy atom. The number of hydrogen-bond donors (Lipinski definition) is 2. The van der Waals surface area contributed by atoms with Crippen molar-refractivity contribution in [2.24, 2.45) is 0 Å². The van der Waals surface area contributed by atoms with Gasteiger partial charge in [0.2, 0.25) is 0 Å². The number of carbonyl (C=O) groups is 1. The van der Waals surface area contributed by atoms with Crippen LogP contribution in [0.3, 0.4) is 0 Å². The summed E-state index contributed by atoms with van der Waals surface area (Å²) in [5.41, 5.74) is 2.11. The largest absolute Gasteiger partial charge is 0.394 e. The van der Waals surface area contributed by atoms with Crippen LogP contribution in [0.1, 0.15) is 23.0 Å². The lowest BCUT2D eigenvalue weighted by molar-refractivity contribution is 0.0682. The van der Waals surface area contributed by atoms with Gasteiger partial charge in [0.25, 0.3) is 5.91 Å². The molecule has 17 heavy (non-hydrogen) atoms. The van der Waals surface area contributed by atoms with Gasteiger partial charge in [0.05, 0.1) is 23.9 Å². The van der Waals surface area contributed by atoms with Gasteiger partial charge in [-0.05, 0) is 19.9 Å². The summed E-state index contributed by atoms with van der Waals surface area (Å²) in [6.45, 7) is 3.60. The van der Waals surface area contributed by atoms with Crippen molar-refractivity contribution in [1.82, 2.24) is 9.88 Å². The number of aromatic nitrogens is 1. The second-order valence-corrected chi connectivity index (χ2v) is 4.07. The molecule has 1 rings (SSSR count). The molecule has 0 radical (unpaired) electrons. The zero-order valence-corrected chi connectivity index (χ0v) is 10.7. The minimum atomic E-state index is -0.214. The third kappa shape index (κ3) is 2.94. The summed E-state index contributed by atoms with van der Waals surface area (Å²) in [5, 5.41) is 12.0. The van der Waals surface area contributed by atoms with E-state index in [4.69, 9.17) is 5.11 Å². The van der Waals surface area contributed by atoms with Crippen LogP contribution in [0.5, 0.6) is 0 Å². The Morgan fingerprint density at radius 3 is 2.82 bits per heavy atom. The van der Waals surface area contributed by atoms with Gasteiger partial charge < -0.3 is 15.3 Å². The molecule has 0 saturated heterocycles. The van der Waals surface area contributed by atoms with Crippen LogP contribution in [0, 0.1) is 6.92 Å². The highest BCUT2D eigenvalue weighted by Crippen LogP contribution is 2.17. The number of aliphatic hydroxyl groups is 1. The Bertz CT molecular complexity index is 407. The minimum Gasteiger partial charge on any atom is -0.394 e. The van der Waals surface area contributed by atoms with Crippen LogP contribution in [-0.2, 0) is 0 Å². The summed E-state index contributed by atoms with van der Waals surface area (Å²) in [7, 11) is 3.43. The van der Waals surface area contributed by atoms with Crippen molar-refractivity contribution in [1.29, 1.82) is 0 Å². The Kier molecular flexibility index (Phi) is 4.45. The number of nitrogens with zero attached hydrogens (tertiary/aromatic N) is 2. The zero-order chi connectivity index (χ0) is 13.0. The van der Waals surface area contributed by atoms with Crippen molar-refractivity contribution < 1.29 is 9.90 Å². The quantitative estimate of drug-likeness (QED) is 0.816. The van der Waals surface area contributed by atoms with Crippen LogP contribution in [0.4, 0.5) is 5.69 Å². The third-order valence-corrected chi connectivity index (χ3v) is 2.79. The van der Waals surface area contributed by atoms with E-state index in [0.29, 0.717) is 5.56 Å². The van der Waals surface area contributed by atoms with E-state index in [0.717, 1.165) is 11.4 Å². The van der Waals surface area contributed by atoms with Crippen molar-refractivity contribution in [3.05, 3.63) is 23.5 Å². The highest BCUT2D eigenvalue weighted by Gasteiger charge is 2.19. The Labute approximate surface area is 101 Å². The van der Waals surface area contributed by atoms with E-state index in [1.165, 1.54) is 4.90 Å². The summed E-state index contributed by atoms with van der Waals surface area (Å²) in [4.78, 5) is 17.8. The summed E-state index contributed by atoms with van der Waals surface area (Å²) in [6.07, 6.45) is 1.56. The van der Waals surface area contributed by atoms with E-state index in [1.807, 2.05) is 13.0 Å². The number of carbonyl (C=O) groups excluding carboxylic acids is 1. The molecular formula is C12H19N3O2. The molecule has 0 saturated carbocycles. The molecule has 1 aromatic rings. The monoisotopic (exact) mass is 237 g/mol. The van der Waals surface area contributed by atoms with E-state index < -0.39 is 0 Å². The van der Waals surface area contributed by atoms with Crippen molar-refractivity contribution in [2.45, 2.75) is 19.9 Å². The summed E-state index contributed by atoms with van der Waals surface area (Å²) in [6, 6.07) is 1.61. The van der Waals surface area contributed by atoms with Crippen molar-refractivity contribution in [3.8, 4) is 0 Å². The van der Waals surface area contributed by atoms with Crippen LogP contribution in [0.25, 0.3) is 0 Å². The number of amides is 1. The third-order valence-electron chi connectivity index (χ3n) is 2.79. The average Bonchev–Trinajstić information content (AvgIpc) is 2.35. The SMILES string of the molecule is CNc1cc(C)ncc1C(=O)N(C)C(C)CO. The molecule has 1 atom stereocenters. The molecule has 0 aliphatic carbocycles. The topological polar surface area (TPSA) is 65.5 Å². The molecular weight excluding hydrogens is 218 g/mol. The number of nitrogens with one attached hydrogen (secondary N) is 1. The van der Waals surface area contributed by atoms with Gasteiger partial charge in [-0.15, -0.1) is 0 Å². The van der Waals surface area contributed by atoms with Crippen LogP contribution in [0.15, 0.2) is 12.3 Å². The number of rotatable bonds is 4. The smallest absolute Gasteiger partial charge is 0.257 e. The molecule has 0 aromatic carbocycles. The predicted molar refractivity (Wildman–Crippen MR) is 67.2 cm³/mol. The number of hydrogen-bond acceptors (Lipinski definition) is 4. The van der Waals surface area contributed by atoms with Gasteiger partial charge in [0, 0.05) is 26.0 Å². The summed E-state index contributed by atoms with van der Waals surface area (Å²) in [5.74, 6) is -0.150. The van der Waals surface area contributed by atoms with Crippen molar-refractivity contribution in [3.63, 3.8) is 0 Å². The fraction of sp³-hybridized carbons (Fsp3) is 0.500. The molecule has 0 fully saturated rings. The number of pyridine rings is 1. The van der Waals surface area contributed by atoms with E-state index in [9.17, 15) is 4.79 Å². The normalized spacial score (nSPS) is 12.1. The van der Waals surface area contributed by atoms with E-state index in [-0.39, 0.29) is 18.6 Å². The van der Waals surface area contributed by atoms with Crippen LogP contribution in [-0.4, -0.2) is 47.6 Å². The molecule has 0 aliphatic heterocycles. The highest BCUT2D eigenvalue weighted by molar-refractivity contribution is 5.99. The summed E-state index contributed by atoms with van der Waals surface area (Å²) >= 11 is 0. The summed E-state index contributed by atoms with van der Waals surface area (Å²) < 4.78 is 0. The van der Waals surface area contributed by atoms with Gasteiger partial charge in [-0.25, -0.2) is 0 Å². The number of aryl methyl sites for hydroxylation is 1. The molecule has 1 unspecified atom stereocenters. The molecule has 0 spiro atoms. The lowest BCUT2D eigenvalue weighted by Crippen LogP contribution is -2.37. The van der Waals surface area contributed by atoms with Crippen molar-refractivity contribution >= 4 is 11.6 Å². The highest BCUT2D eigenvalue weighted by atomic mass is 16.3. The molecule has 5 nitrogen and oxygen atoms in total. The first-order chi connectivity index (χ1) is 8.01. The van der Waals surface area contributed by atoms with Crippen LogP contribution < -0.4 is 5.32 Å². The van der Waals surface area contributed by atoms with Gasteiger partial charge in [-0.1, -0.05) is 0 Å².